The van der Waals surface area contributed by atoms with E-state index < -0.39 is 0 Å². The Morgan fingerprint density at radius 3 is 2.24 bits per heavy atom. The maximum atomic E-state index is 12.2. The summed E-state index contributed by atoms with van der Waals surface area (Å²) >= 11 is 5.88. The van der Waals surface area contributed by atoms with E-state index in [-0.39, 0.29) is 5.91 Å². The highest BCUT2D eigenvalue weighted by molar-refractivity contribution is 6.29. The number of likely N-dealkylation sites (N-methyl/N-ethyl adjacent to an activating group) is 1. The molecule has 17 heavy (non-hydrogen) atoms. The van der Waals surface area contributed by atoms with Gasteiger partial charge in [0.25, 0.3) is 5.91 Å². The number of hydrogen-bond donors (Lipinski definition) is 1. The van der Waals surface area contributed by atoms with Crippen molar-refractivity contribution in [2.45, 2.75) is 13.8 Å². The molecule has 1 N–H and O–H groups in total. The minimum atomic E-state index is 0.0144. The van der Waals surface area contributed by atoms with Crippen molar-refractivity contribution in [3.63, 3.8) is 0 Å². The van der Waals surface area contributed by atoms with Crippen LogP contribution in [-0.2, 0) is 4.79 Å². The molecule has 0 aromatic rings. The van der Waals surface area contributed by atoms with Crippen LogP contribution in [-0.4, -0.2) is 48.9 Å². The van der Waals surface area contributed by atoms with Gasteiger partial charge in [0.2, 0.25) is 0 Å². The predicted octanol–water partition coefficient (Wildman–Crippen LogP) is 1.35. The van der Waals surface area contributed by atoms with Gasteiger partial charge in [0, 0.05) is 26.2 Å². The van der Waals surface area contributed by atoms with Crippen LogP contribution in [0.2, 0.25) is 0 Å². The zero-order chi connectivity index (χ0) is 12.8. The lowest BCUT2D eigenvalue weighted by atomic mass is 10.3. The SMILES string of the molecule is C/C=C(\Cl)N/C(=C\C)C(=O)N1CCN(C)CC1. The number of carbonyl (C=O) groups is 1. The highest BCUT2D eigenvalue weighted by Gasteiger charge is 2.21. The fourth-order valence-electron chi connectivity index (χ4n) is 1.63. The Balaban J connectivity index is 2.61. The van der Waals surface area contributed by atoms with Crippen LogP contribution in [0.1, 0.15) is 13.8 Å². The van der Waals surface area contributed by atoms with Crippen LogP contribution in [0.25, 0.3) is 0 Å². The van der Waals surface area contributed by atoms with Crippen molar-refractivity contribution in [2.75, 3.05) is 33.2 Å². The van der Waals surface area contributed by atoms with Gasteiger partial charge in [0.15, 0.2) is 0 Å². The van der Waals surface area contributed by atoms with Crippen molar-refractivity contribution >= 4 is 17.5 Å². The number of nitrogens with one attached hydrogen (secondary N) is 1. The van der Waals surface area contributed by atoms with Gasteiger partial charge in [-0.3, -0.25) is 4.79 Å². The molecule has 1 rings (SSSR count). The minimum Gasteiger partial charge on any atom is -0.342 e. The molecule has 0 bridgehead atoms. The number of rotatable bonds is 3. The average molecular weight is 258 g/mol. The molecule has 1 saturated heterocycles. The molecule has 0 radical (unpaired) electrons. The lowest BCUT2D eigenvalue weighted by Crippen LogP contribution is -2.48. The zero-order valence-electron chi connectivity index (χ0n) is 10.7. The van der Waals surface area contributed by atoms with Gasteiger partial charge in [-0.15, -0.1) is 0 Å². The molecule has 0 saturated carbocycles. The van der Waals surface area contributed by atoms with Crippen LogP contribution < -0.4 is 5.32 Å². The van der Waals surface area contributed by atoms with Gasteiger partial charge in [-0.25, -0.2) is 0 Å². The molecule has 0 aliphatic carbocycles. The zero-order valence-corrected chi connectivity index (χ0v) is 11.4. The summed E-state index contributed by atoms with van der Waals surface area (Å²) in [6.07, 6.45) is 3.48. The summed E-state index contributed by atoms with van der Waals surface area (Å²) in [4.78, 5) is 16.2. The predicted molar refractivity (Wildman–Crippen MR) is 70.6 cm³/mol. The second kappa shape index (κ2) is 6.67. The van der Waals surface area contributed by atoms with E-state index in [9.17, 15) is 4.79 Å². The number of hydrogen-bond acceptors (Lipinski definition) is 3. The van der Waals surface area contributed by atoms with E-state index in [0.717, 1.165) is 26.2 Å². The Kier molecular flexibility index (Phi) is 5.51. The second-order valence-electron chi connectivity index (χ2n) is 4.06. The number of nitrogens with zero attached hydrogens (tertiary/aromatic N) is 2. The van der Waals surface area contributed by atoms with Crippen molar-refractivity contribution in [2.24, 2.45) is 0 Å². The van der Waals surface area contributed by atoms with E-state index in [1.54, 1.807) is 12.2 Å². The maximum Gasteiger partial charge on any atom is 0.270 e. The van der Waals surface area contributed by atoms with Crippen molar-refractivity contribution in [1.29, 1.82) is 0 Å². The van der Waals surface area contributed by atoms with E-state index >= 15 is 0 Å². The van der Waals surface area contributed by atoms with Crippen LogP contribution in [0, 0.1) is 0 Å². The second-order valence-corrected chi connectivity index (χ2v) is 4.47. The topological polar surface area (TPSA) is 35.6 Å². The van der Waals surface area contributed by atoms with Crippen LogP contribution in [0.5, 0.6) is 0 Å². The molecular weight excluding hydrogens is 238 g/mol. The summed E-state index contributed by atoms with van der Waals surface area (Å²) < 4.78 is 0. The van der Waals surface area contributed by atoms with Crippen molar-refractivity contribution < 1.29 is 4.79 Å². The Morgan fingerprint density at radius 2 is 1.76 bits per heavy atom. The summed E-state index contributed by atoms with van der Waals surface area (Å²) in [7, 11) is 2.06. The van der Waals surface area contributed by atoms with Crippen LogP contribution in [0.3, 0.4) is 0 Å². The lowest BCUT2D eigenvalue weighted by molar-refractivity contribution is -0.129. The Hall–Kier alpha value is -1.00. The molecule has 1 heterocycles. The molecule has 0 aromatic carbocycles. The van der Waals surface area contributed by atoms with Gasteiger partial charge < -0.3 is 15.1 Å². The standard InChI is InChI=1S/C12H20ClN3O/c1-4-10(14-11(13)5-2)12(17)16-8-6-15(3)7-9-16/h4-5,14H,6-9H2,1-3H3/b10-4-,11-5+. The van der Waals surface area contributed by atoms with Crippen LogP contribution in [0.15, 0.2) is 23.0 Å². The van der Waals surface area contributed by atoms with Gasteiger partial charge in [-0.2, -0.15) is 0 Å². The lowest BCUT2D eigenvalue weighted by Gasteiger charge is -2.33. The normalized spacial score (nSPS) is 19.4. The van der Waals surface area contributed by atoms with Gasteiger partial charge in [-0.1, -0.05) is 23.8 Å². The quantitative estimate of drug-likeness (QED) is 0.613. The minimum absolute atomic E-state index is 0.0144. The molecule has 1 fully saturated rings. The van der Waals surface area contributed by atoms with Crippen LogP contribution >= 0.6 is 11.6 Å². The summed E-state index contributed by atoms with van der Waals surface area (Å²) in [6, 6.07) is 0. The van der Waals surface area contributed by atoms with Gasteiger partial charge in [-0.05, 0) is 20.9 Å². The van der Waals surface area contributed by atoms with Crippen molar-refractivity contribution in [1.82, 2.24) is 15.1 Å². The Labute approximate surface area is 108 Å². The van der Waals surface area contributed by atoms with Gasteiger partial charge in [0.05, 0.1) is 0 Å². The molecular formula is C12H20ClN3O. The first-order valence-corrected chi connectivity index (χ1v) is 6.19. The average Bonchev–Trinajstić information content (AvgIpc) is 2.35. The molecule has 1 aliphatic rings. The molecule has 4 nitrogen and oxygen atoms in total. The van der Waals surface area contributed by atoms with E-state index in [2.05, 4.69) is 17.3 Å². The number of allylic oxidation sites excluding steroid dienone is 2. The van der Waals surface area contributed by atoms with Gasteiger partial charge in [0.1, 0.15) is 10.9 Å². The van der Waals surface area contributed by atoms with E-state index in [1.165, 1.54) is 0 Å². The maximum absolute atomic E-state index is 12.2. The monoisotopic (exact) mass is 257 g/mol. The Bertz CT molecular complexity index is 331. The molecule has 1 amide bonds. The molecule has 1 aliphatic heterocycles. The summed E-state index contributed by atoms with van der Waals surface area (Å²) in [6.45, 7) is 7.02. The van der Waals surface area contributed by atoms with E-state index in [1.807, 2.05) is 18.7 Å². The molecule has 0 atom stereocenters. The molecule has 0 unspecified atom stereocenters. The third-order valence-corrected chi connectivity index (χ3v) is 3.13. The first-order chi connectivity index (χ1) is 8.08. The van der Waals surface area contributed by atoms with Crippen LogP contribution in [0.4, 0.5) is 0 Å². The number of piperazine rings is 1. The fraction of sp³-hybridized carbons (Fsp3) is 0.583. The summed E-state index contributed by atoms with van der Waals surface area (Å²) in [5, 5.41) is 3.38. The third-order valence-electron chi connectivity index (χ3n) is 2.82. The van der Waals surface area contributed by atoms with E-state index in [0.29, 0.717) is 10.9 Å². The number of halogens is 1. The first-order valence-electron chi connectivity index (χ1n) is 5.81. The molecule has 5 heteroatoms. The number of carbonyl (C=O) groups excluding carboxylic acids is 1. The van der Waals surface area contributed by atoms with E-state index in [4.69, 9.17) is 11.6 Å². The molecule has 0 spiro atoms. The third kappa shape index (κ3) is 4.06. The Morgan fingerprint density at radius 1 is 1.18 bits per heavy atom. The van der Waals surface area contributed by atoms with Gasteiger partial charge >= 0.3 is 0 Å². The fourth-order valence-corrected chi connectivity index (χ4v) is 1.73. The largest absolute Gasteiger partial charge is 0.342 e. The summed E-state index contributed by atoms with van der Waals surface area (Å²) in [5.74, 6) is 0.0144. The highest BCUT2D eigenvalue weighted by atomic mass is 35.5. The smallest absolute Gasteiger partial charge is 0.270 e. The van der Waals surface area contributed by atoms with Crippen molar-refractivity contribution in [3.8, 4) is 0 Å². The molecule has 96 valence electrons. The van der Waals surface area contributed by atoms with Crippen molar-refractivity contribution in [3.05, 3.63) is 23.0 Å². The highest BCUT2D eigenvalue weighted by Crippen LogP contribution is 2.07. The number of amides is 1. The molecule has 0 aromatic heterocycles. The summed E-state index contributed by atoms with van der Waals surface area (Å²) in [5.41, 5.74) is 0.539. The first kappa shape index (κ1) is 14.1.